The third-order valence-electron chi connectivity index (χ3n) is 4.73. The number of pyridine rings is 1. The van der Waals surface area contributed by atoms with Gasteiger partial charge < -0.3 is 4.90 Å². The van der Waals surface area contributed by atoms with E-state index in [1.807, 2.05) is 33.7 Å². The third-order valence-corrected chi connectivity index (χ3v) is 5.73. The van der Waals surface area contributed by atoms with Crippen LogP contribution in [-0.2, 0) is 4.79 Å². The largest absolute Gasteiger partial charge is 0.342 e. The van der Waals surface area contributed by atoms with E-state index in [2.05, 4.69) is 10.2 Å². The molecule has 0 saturated carbocycles. The van der Waals surface area contributed by atoms with Gasteiger partial charge in [0.25, 0.3) is 0 Å². The van der Waals surface area contributed by atoms with Crippen molar-refractivity contribution in [1.29, 1.82) is 0 Å². The van der Waals surface area contributed by atoms with Crippen molar-refractivity contribution in [2.45, 2.75) is 23.7 Å². The molecule has 1 aliphatic rings. The number of carbonyl (C=O) groups excluding carboxylic acids is 1. The normalized spacial score (nSPS) is 15.5. The molecule has 134 valence electrons. The molecule has 1 saturated heterocycles. The molecule has 0 unspecified atom stereocenters. The number of fused-ring (bicyclic) bond motifs is 1. The van der Waals surface area contributed by atoms with E-state index in [9.17, 15) is 9.18 Å². The molecular weight excluding hydrogens is 351 g/mol. The van der Waals surface area contributed by atoms with Crippen molar-refractivity contribution >= 4 is 23.3 Å². The molecule has 5 nitrogen and oxygen atoms in total. The highest BCUT2D eigenvalue weighted by molar-refractivity contribution is 8.00. The predicted octanol–water partition coefficient (Wildman–Crippen LogP) is 3.37. The van der Waals surface area contributed by atoms with Gasteiger partial charge in [0.15, 0.2) is 5.65 Å². The van der Waals surface area contributed by atoms with E-state index in [-0.39, 0.29) is 11.7 Å². The molecule has 0 bridgehead atoms. The highest BCUT2D eigenvalue weighted by Gasteiger charge is 2.26. The molecule has 1 aromatic carbocycles. The summed E-state index contributed by atoms with van der Waals surface area (Å²) in [5, 5.41) is 8.57. The van der Waals surface area contributed by atoms with Crippen LogP contribution < -0.4 is 0 Å². The molecule has 7 heteroatoms. The maximum Gasteiger partial charge on any atom is 0.232 e. The fraction of sp³-hybridized carbons (Fsp3) is 0.316. The molecule has 0 aliphatic carbocycles. The zero-order valence-electron chi connectivity index (χ0n) is 14.2. The smallest absolute Gasteiger partial charge is 0.232 e. The summed E-state index contributed by atoms with van der Waals surface area (Å²) in [5.74, 6) is 1.55. The van der Waals surface area contributed by atoms with Crippen LogP contribution in [0.3, 0.4) is 0 Å². The molecule has 3 heterocycles. The van der Waals surface area contributed by atoms with Crippen LogP contribution >= 0.6 is 11.8 Å². The number of aromatic nitrogens is 3. The van der Waals surface area contributed by atoms with Gasteiger partial charge in [-0.15, -0.1) is 22.0 Å². The van der Waals surface area contributed by atoms with Gasteiger partial charge in [-0.3, -0.25) is 9.20 Å². The van der Waals surface area contributed by atoms with Crippen LogP contribution in [0, 0.1) is 5.82 Å². The number of nitrogens with zero attached hydrogens (tertiary/aromatic N) is 4. The molecule has 3 aromatic rings. The number of hydrogen-bond donors (Lipinski definition) is 0. The third kappa shape index (κ3) is 3.58. The number of carbonyl (C=O) groups is 1. The van der Waals surface area contributed by atoms with E-state index in [0.717, 1.165) is 42.3 Å². The van der Waals surface area contributed by atoms with Gasteiger partial charge >= 0.3 is 0 Å². The second-order valence-corrected chi connectivity index (χ2v) is 7.43. The van der Waals surface area contributed by atoms with Crippen LogP contribution in [0.25, 0.3) is 5.65 Å². The van der Waals surface area contributed by atoms with Crippen LogP contribution in [0.15, 0.2) is 53.6 Å². The molecule has 0 N–H and O–H groups in total. The van der Waals surface area contributed by atoms with Crippen molar-refractivity contribution in [1.82, 2.24) is 19.5 Å². The Morgan fingerprint density at radius 3 is 2.65 bits per heavy atom. The molecule has 0 radical (unpaired) electrons. The minimum atomic E-state index is -0.260. The lowest BCUT2D eigenvalue weighted by Gasteiger charge is -2.31. The molecule has 2 aromatic heterocycles. The lowest BCUT2D eigenvalue weighted by atomic mass is 9.96. The molecule has 1 aliphatic heterocycles. The fourth-order valence-corrected chi connectivity index (χ4v) is 4.09. The standard InChI is InChI=1S/C19H19FN4OS/c20-15-4-6-16(7-5-15)26-13-18(25)23-11-8-14(9-12-23)19-22-21-17-3-1-2-10-24(17)19/h1-7,10,14H,8-9,11-13H2. The monoisotopic (exact) mass is 370 g/mol. The first-order valence-electron chi connectivity index (χ1n) is 8.66. The van der Waals surface area contributed by atoms with E-state index in [0.29, 0.717) is 11.7 Å². The number of halogens is 1. The summed E-state index contributed by atoms with van der Waals surface area (Å²) in [4.78, 5) is 15.3. The lowest BCUT2D eigenvalue weighted by molar-refractivity contribution is -0.129. The number of rotatable bonds is 4. The number of piperidine rings is 1. The molecule has 1 amide bonds. The SMILES string of the molecule is O=C(CSc1ccc(F)cc1)N1CCC(c2nnc3ccccn23)CC1. The van der Waals surface area contributed by atoms with Gasteiger partial charge in [-0.2, -0.15) is 0 Å². The number of thioether (sulfide) groups is 1. The zero-order valence-corrected chi connectivity index (χ0v) is 15.0. The zero-order chi connectivity index (χ0) is 17.9. The Balaban J connectivity index is 1.33. The number of benzene rings is 1. The van der Waals surface area contributed by atoms with Gasteiger partial charge in [-0.1, -0.05) is 6.07 Å². The van der Waals surface area contributed by atoms with Crippen LogP contribution in [-0.4, -0.2) is 44.2 Å². The van der Waals surface area contributed by atoms with E-state index >= 15 is 0 Å². The summed E-state index contributed by atoms with van der Waals surface area (Å²) in [6.07, 6.45) is 3.77. The van der Waals surface area contributed by atoms with Crippen molar-refractivity contribution < 1.29 is 9.18 Å². The van der Waals surface area contributed by atoms with E-state index < -0.39 is 0 Å². The maximum absolute atomic E-state index is 12.9. The second-order valence-electron chi connectivity index (χ2n) is 6.38. The van der Waals surface area contributed by atoms with Crippen LogP contribution in [0.5, 0.6) is 0 Å². The molecule has 0 atom stereocenters. The molecular formula is C19H19FN4OS. The molecule has 1 fully saturated rings. The van der Waals surface area contributed by atoms with Crippen molar-refractivity contribution in [2.24, 2.45) is 0 Å². The fourth-order valence-electron chi connectivity index (χ4n) is 3.29. The van der Waals surface area contributed by atoms with Crippen molar-refractivity contribution in [3.63, 3.8) is 0 Å². The summed E-state index contributed by atoms with van der Waals surface area (Å²) in [6, 6.07) is 12.1. The van der Waals surface area contributed by atoms with E-state index in [1.54, 1.807) is 12.1 Å². The summed E-state index contributed by atoms with van der Waals surface area (Å²) < 4.78 is 15.0. The minimum absolute atomic E-state index is 0.129. The van der Waals surface area contributed by atoms with Crippen molar-refractivity contribution in [2.75, 3.05) is 18.8 Å². The number of likely N-dealkylation sites (tertiary alicyclic amines) is 1. The van der Waals surface area contributed by atoms with Gasteiger partial charge in [-0.25, -0.2) is 4.39 Å². The second kappa shape index (κ2) is 7.45. The van der Waals surface area contributed by atoms with Crippen molar-refractivity contribution in [3.8, 4) is 0 Å². The van der Waals surface area contributed by atoms with E-state index in [1.165, 1.54) is 23.9 Å². The summed E-state index contributed by atoms with van der Waals surface area (Å²) in [6.45, 7) is 1.46. The highest BCUT2D eigenvalue weighted by atomic mass is 32.2. The van der Waals surface area contributed by atoms with Crippen molar-refractivity contribution in [3.05, 3.63) is 60.3 Å². The first-order chi connectivity index (χ1) is 12.7. The van der Waals surface area contributed by atoms with Gasteiger partial charge in [0.1, 0.15) is 11.6 Å². The van der Waals surface area contributed by atoms with Gasteiger partial charge in [0.2, 0.25) is 5.91 Å². The van der Waals surface area contributed by atoms with E-state index in [4.69, 9.17) is 0 Å². The minimum Gasteiger partial charge on any atom is -0.342 e. The highest BCUT2D eigenvalue weighted by Crippen LogP contribution is 2.28. The van der Waals surface area contributed by atoms with Gasteiger partial charge in [-0.05, 0) is 49.2 Å². The Morgan fingerprint density at radius 2 is 1.88 bits per heavy atom. The number of hydrogen-bond acceptors (Lipinski definition) is 4. The van der Waals surface area contributed by atoms with Crippen LogP contribution in [0.4, 0.5) is 4.39 Å². The predicted molar refractivity (Wildman–Crippen MR) is 98.7 cm³/mol. The van der Waals surface area contributed by atoms with Crippen LogP contribution in [0.1, 0.15) is 24.6 Å². The summed E-state index contributed by atoms with van der Waals surface area (Å²) in [5.41, 5.74) is 0.858. The maximum atomic E-state index is 12.9. The quantitative estimate of drug-likeness (QED) is 0.661. The first-order valence-corrected chi connectivity index (χ1v) is 9.65. The Kier molecular flexibility index (Phi) is 4.88. The molecule has 4 rings (SSSR count). The summed E-state index contributed by atoms with van der Waals surface area (Å²) >= 11 is 1.45. The lowest BCUT2D eigenvalue weighted by Crippen LogP contribution is -2.39. The van der Waals surface area contributed by atoms with Gasteiger partial charge in [0.05, 0.1) is 5.75 Å². The Labute approximate surface area is 155 Å². The Hall–Kier alpha value is -2.41. The average Bonchev–Trinajstić information content (AvgIpc) is 3.11. The average molecular weight is 370 g/mol. The summed E-state index contributed by atoms with van der Waals surface area (Å²) in [7, 11) is 0. The topological polar surface area (TPSA) is 50.5 Å². The Bertz CT molecular complexity index is 903. The Morgan fingerprint density at radius 1 is 1.12 bits per heavy atom. The molecule has 0 spiro atoms. The van der Waals surface area contributed by atoms with Gasteiger partial charge in [0, 0.05) is 30.1 Å². The number of amides is 1. The molecule has 26 heavy (non-hydrogen) atoms. The first kappa shape index (κ1) is 17.0. The van der Waals surface area contributed by atoms with Crippen LogP contribution in [0.2, 0.25) is 0 Å².